The highest BCUT2D eigenvalue weighted by Gasteiger charge is 2.24. The van der Waals surface area contributed by atoms with Gasteiger partial charge in [0.1, 0.15) is 5.52 Å². The van der Waals surface area contributed by atoms with E-state index in [0.29, 0.717) is 39.5 Å². The number of rotatable bonds is 5. The number of pyridine rings is 1. The van der Waals surface area contributed by atoms with Crippen molar-refractivity contribution in [3.63, 3.8) is 0 Å². The molecule has 1 aliphatic rings. The number of carbonyl (C=O) groups is 3. The number of benzene rings is 2. The molecule has 11 nitrogen and oxygen atoms in total. The van der Waals surface area contributed by atoms with Crippen molar-refractivity contribution in [1.29, 1.82) is 0 Å². The molecule has 3 heterocycles. The number of amides is 4. The van der Waals surface area contributed by atoms with Crippen LogP contribution in [0.2, 0.25) is 0 Å². The molecule has 0 spiro atoms. The Kier molecular flexibility index (Phi) is 5.71. The number of anilines is 3. The zero-order valence-electron chi connectivity index (χ0n) is 18.8. The minimum Gasteiger partial charge on any atom is -0.504 e. The van der Waals surface area contributed by atoms with E-state index in [1.165, 1.54) is 31.5 Å². The molecule has 0 saturated heterocycles. The first-order chi connectivity index (χ1) is 17.4. The second kappa shape index (κ2) is 9.14. The number of hydrogen-bond donors (Lipinski definition) is 3. The number of aromatic nitrogens is 3. The number of fused-ring (bicyclic) bond motifs is 1. The second-order valence-corrected chi connectivity index (χ2v) is 7.65. The standard InChI is InChI=1S/C25H18N6O5/c1-36-20-12-14(2-9-19(20)32)17-7-8-18-24(28-17)29-21(13-26-18)30-25(35)27-15-3-5-16(6-4-15)31-22(33)10-11-23(31)34/h2-13,32H,1H3,(H2,27,28,29,30,35). The number of nitrogens with one attached hydrogen (secondary N) is 2. The van der Waals surface area contributed by atoms with Crippen molar-refractivity contribution in [2.45, 2.75) is 0 Å². The van der Waals surface area contributed by atoms with E-state index < -0.39 is 17.8 Å². The Morgan fingerprint density at radius 3 is 2.42 bits per heavy atom. The highest BCUT2D eigenvalue weighted by Crippen LogP contribution is 2.31. The number of carbonyl (C=O) groups excluding carboxylic acids is 3. The van der Waals surface area contributed by atoms with E-state index in [1.807, 2.05) is 0 Å². The summed E-state index contributed by atoms with van der Waals surface area (Å²) in [6.45, 7) is 0. The third-order valence-electron chi connectivity index (χ3n) is 5.32. The molecule has 0 radical (unpaired) electrons. The monoisotopic (exact) mass is 482 g/mol. The van der Waals surface area contributed by atoms with Crippen LogP contribution in [0.4, 0.5) is 22.0 Å². The predicted molar refractivity (Wildman–Crippen MR) is 132 cm³/mol. The molecule has 0 saturated carbocycles. The summed E-state index contributed by atoms with van der Waals surface area (Å²) in [6, 6.07) is 14.1. The fourth-order valence-electron chi connectivity index (χ4n) is 3.58. The van der Waals surface area contributed by atoms with Crippen LogP contribution in [0.1, 0.15) is 0 Å². The SMILES string of the molecule is COc1cc(-c2ccc3ncc(NC(=O)Nc4ccc(N5C(=O)C=CC5=O)cc4)nc3n2)ccc1O. The Bertz CT molecular complexity index is 1530. The summed E-state index contributed by atoms with van der Waals surface area (Å²) >= 11 is 0. The third kappa shape index (κ3) is 4.40. The zero-order chi connectivity index (χ0) is 25.2. The average Bonchev–Trinajstić information content (AvgIpc) is 3.22. The summed E-state index contributed by atoms with van der Waals surface area (Å²) in [5.41, 5.74) is 2.98. The summed E-state index contributed by atoms with van der Waals surface area (Å²) in [6.07, 6.45) is 3.81. The van der Waals surface area contributed by atoms with Gasteiger partial charge in [-0.15, -0.1) is 0 Å². The number of nitrogens with zero attached hydrogens (tertiary/aromatic N) is 4. The fourth-order valence-corrected chi connectivity index (χ4v) is 3.58. The van der Waals surface area contributed by atoms with Crippen LogP contribution >= 0.6 is 0 Å². The van der Waals surface area contributed by atoms with Gasteiger partial charge < -0.3 is 15.2 Å². The minimum absolute atomic E-state index is 0.0176. The molecule has 2 aromatic heterocycles. The van der Waals surface area contributed by atoms with E-state index in [-0.39, 0.29) is 11.6 Å². The maximum Gasteiger partial charge on any atom is 0.324 e. The number of ether oxygens (including phenoxy) is 1. The lowest BCUT2D eigenvalue weighted by Crippen LogP contribution is -2.29. The van der Waals surface area contributed by atoms with E-state index in [1.54, 1.807) is 48.5 Å². The summed E-state index contributed by atoms with van der Waals surface area (Å²) in [5.74, 6) is -0.326. The highest BCUT2D eigenvalue weighted by molar-refractivity contribution is 6.28. The summed E-state index contributed by atoms with van der Waals surface area (Å²) in [5, 5.41) is 15.1. The van der Waals surface area contributed by atoms with Crippen molar-refractivity contribution < 1.29 is 24.2 Å². The lowest BCUT2D eigenvalue weighted by Gasteiger charge is -2.14. The Hall–Kier alpha value is -5.32. The molecule has 11 heteroatoms. The van der Waals surface area contributed by atoms with Crippen LogP contribution in [0.3, 0.4) is 0 Å². The molecule has 2 aromatic carbocycles. The third-order valence-corrected chi connectivity index (χ3v) is 5.32. The topological polar surface area (TPSA) is 147 Å². The van der Waals surface area contributed by atoms with E-state index in [0.717, 1.165) is 4.90 Å². The molecular weight excluding hydrogens is 464 g/mol. The van der Waals surface area contributed by atoms with Crippen molar-refractivity contribution >= 4 is 46.2 Å². The van der Waals surface area contributed by atoms with Crippen LogP contribution < -0.4 is 20.3 Å². The first-order valence-corrected chi connectivity index (χ1v) is 10.7. The molecule has 0 unspecified atom stereocenters. The molecule has 0 atom stereocenters. The molecule has 36 heavy (non-hydrogen) atoms. The van der Waals surface area contributed by atoms with Gasteiger partial charge in [-0.05, 0) is 54.6 Å². The van der Waals surface area contributed by atoms with Crippen molar-refractivity contribution in [2.24, 2.45) is 0 Å². The van der Waals surface area contributed by atoms with Gasteiger partial charge in [-0.1, -0.05) is 0 Å². The Morgan fingerprint density at radius 2 is 1.69 bits per heavy atom. The van der Waals surface area contributed by atoms with Gasteiger partial charge in [0.15, 0.2) is 23.0 Å². The second-order valence-electron chi connectivity index (χ2n) is 7.65. The number of urea groups is 1. The van der Waals surface area contributed by atoms with Crippen LogP contribution in [-0.2, 0) is 9.59 Å². The van der Waals surface area contributed by atoms with Gasteiger partial charge in [0, 0.05) is 23.4 Å². The first kappa shape index (κ1) is 22.5. The van der Waals surface area contributed by atoms with Crippen LogP contribution in [0, 0.1) is 0 Å². The van der Waals surface area contributed by atoms with E-state index in [4.69, 9.17) is 4.74 Å². The molecule has 0 aliphatic carbocycles. The Morgan fingerprint density at radius 1 is 0.944 bits per heavy atom. The van der Waals surface area contributed by atoms with Gasteiger partial charge in [-0.3, -0.25) is 14.9 Å². The van der Waals surface area contributed by atoms with Crippen molar-refractivity contribution in [3.8, 4) is 22.8 Å². The maximum absolute atomic E-state index is 12.5. The summed E-state index contributed by atoms with van der Waals surface area (Å²) < 4.78 is 5.15. The summed E-state index contributed by atoms with van der Waals surface area (Å²) in [7, 11) is 1.46. The molecular formula is C25H18N6O5. The molecule has 3 N–H and O–H groups in total. The number of phenols is 1. The molecule has 1 aliphatic heterocycles. The molecule has 0 bridgehead atoms. The van der Waals surface area contributed by atoms with Crippen molar-refractivity contribution in [3.05, 3.63) is 72.9 Å². The number of aromatic hydroxyl groups is 1. The van der Waals surface area contributed by atoms with Crippen LogP contribution in [0.15, 0.2) is 72.9 Å². The van der Waals surface area contributed by atoms with Gasteiger partial charge in [0.05, 0.1) is 24.7 Å². The minimum atomic E-state index is -0.564. The van der Waals surface area contributed by atoms with Gasteiger partial charge in [0.25, 0.3) is 11.8 Å². The Labute approximate surface area is 204 Å². The zero-order valence-corrected chi connectivity index (χ0v) is 18.8. The number of imide groups is 1. The lowest BCUT2D eigenvalue weighted by atomic mass is 10.1. The maximum atomic E-state index is 12.5. The smallest absolute Gasteiger partial charge is 0.324 e. The van der Waals surface area contributed by atoms with Crippen molar-refractivity contribution in [1.82, 2.24) is 15.0 Å². The first-order valence-electron chi connectivity index (χ1n) is 10.7. The summed E-state index contributed by atoms with van der Waals surface area (Å²) in [4.78, 5) is 50.3. The van der Waals surface area contributed by atoms with Crippen LogP contribution in [0.25, 0.3) is 22.4 Å². The van der Waals surface area contributed by atoms with Gasteiger partial charge in [0.2, 0.25) is 0 Å². The lowest BCUT2D eigenvalue weighted by molar-refractivity contribution is -0.119. The van der Waals surface area contributed by atoms with E-state index in [9.17, 15) is 19.5 Å². The van der Waals surface area contributed by atoms with Gasteiger partial charge in [-0.2, -0.15) is 0 Å². The predicted octanol–water partition coefficient (Wildman–Crippen LogP) is 3.48. The molecule has 0 fully saturated rings. The normalized spacial score (nSPS) is 12.8. The molecule has 4 amide bonds. The van der Waals surface area contributed by atoms with Crippen molar-refractivity contribution in [2.75, 3.05) is 22.6 Å². The number of hydrogen-bond acceptors (Lipinski definition) is 8. The van der Waals surface area contributed by atoms with Crippen LogP contribution in [0.5, 0.6) is 11.5 Å². The van der Waals surface area contributed by atoms with Gasteiger partial charge >= 0.3 is 6.03 Å². The van der Waals surface area contributed by atoms with E-state index >= 15 is 0 Å². The quantitative estimate of drug-likeness (QED) is 0.367. The molecule has 178 valence electrons. The van der Waals surface area contributed by atoms with Crippen LogP contribution in [-0.4, -0.2) is 45.0 Å². The fraction of sp³-hybridized carbons (Fsp3) is 0.0400. The average molecular weight is 482 g/mol. The molecule has 4 aromatic rings. The van der Waals surface area contributed by atoms with Gasteiger partial charge in [-0.25, -0.2) is 24.6 Å². The molecule has 5 rings (SSSR count). The number of phenolic OH excluding ortho intramolecular Hbond substituents is 1. The van der Waals surface area contributed by atoms with E-state index in [2.05, 4.69) is 25.6 Å². The Balaban J connectivity index is 1.30. The number of methoxy groups -OCH3 is 1. The highest BCUT2D eigenvalue weighted by atomic mass is 16.5. The largest absolute Gasteiger partial charge is 0.504 e.